The smallest absolute Gasteiger partial charge is 0.326 e. The number of aromatic nitrogens is 4. The van der Waals surface area contributed by atoms with Gasteiger partial charge in [0, 0.05) is 43.0 Å². The number of carbonyl (C=O) groups is 5. The predicted octanol–water partition coefficient (Wildman–Crippen LogP) is -2.39. The first-order chi connectivity index (χ1) is 19.5. The van der Waals surface area contributed by atoms with E-state index in [-0.39, 0.29) is 25.0 Å². The second-order valence-electron chi connectivity index (χ2n) is 9.23. The van der Waals surface area contributed by atoms with Crippen LogP contribution in [0, 0.1) is 0 Å². The number of phenols is 1. The van der Waals surface area contributed by atoms with E-state index in [1.54, 1.807) is 0 Å². The summed E-state index contributed by atoms with van der Waals surface area (Å²) >= 11 is 0. The number of nitrogens with one attached hydrogen (secondary N) is 5. The average molecular weight is 570 g/mol. The van der Waals surface area contributed by atoms with Gasteiger partial charge in [-0.1, -0.05) is 12.1 Å². The number of carboxylic acid groups (broad SMARTS) is 1. The Balaban J connectivity index is 1.83. The second-order valence-corrected chi connectivity index (χ2v) is 9.23. The fourth-order valence-corrected chi connectivity index (χ4v) is 3.85. The highest BCUT2D eigenvalue weighted by molar-refractivity contribution is 5.95. The first-order valence-electron chi connectivity index (χ1n) is 12.4. The van der Waals surface area contributed by atoms with Gasteiger partial charge < -0.3 is 47.6 Å². The van der Waals surface area contributed by atoms with E-state index in [1.165, 1.54) is 49.3 Å². The molecule has 0 fully saturated rings. The summed E-state index contributed by atoms with van der Waals surface area (Å²) in [7, 11) is 0. The average Bonchev–Trinajstić information content (AvgIpc) is 3.62. The van der Waals surface area contributed by atoms with E-state index in [0.29, 0.717) is 17.0 Å². The first kappa shape index (κ1) is 30.3. The van der Waals surface area contributed by atoms with Gasteiger partial charge in [0.25, 0.3) is 0 Å². The molecule has 3 aromatic rings. The van der Waals surface area contributed by atoms with Gasteiger partial charge >= 0.3 is 5.97 Å². The van der Waals surface area contributed by atoms with Gasteiger partial charge in [-0.25, -0.2) is 14.8 Å². The van der Waals surface area contributed by atoms with Crippen molar-refractivity contribution >= 4 is 29.6 Å². The fraction of sp³-hybridized carbons (Fsp3) is 0.320. The third-order valence-electron chi connectivity index (χ3n) is 5.97. The van der Waals surface area contributed by atoms with E-state index in [4.69, 9.17) is 11.5 Å². The van der Waals surface area contributed by atoms with E-state index < -0.39 is 60.2 Å². The maximum Gasteiger partial charge on any atom is 0.326 e. The van der Waals surface area contributed by atoms with Gasteiger partial charge in [0.2, 0.25) is 23.6 Å². The number of aromatic amines is 2. The molecule has 0 bridgehead atoms. The number of carbonyl (C=O) groups excluding carboxylic acids is 4. The topological polar surface area (TPSA) is 271 Å². The zero-order chi connectivity index (χ0) is 29.9. The Bertz CT molecular complexity index is 1330. The molecule has 16 heteroatoms. The monoisotopic (exact) mass is 569 g/mol. The SMILES string of the molecule is NC(=O)CC(N)C(=O)NC(Cc1cnc[nH]1)C(=O)NC(Cc1ccc(O)cc1)C(=O)NC(Cc1cnc[nH]1)C(=O)O. The van der Waals surface area contributed by atoms with Gasteiger partial charge in [0.1, 0.15) is 23.9 Å². The van der Waals surface area contributed by atoms with Gasteiger partial charge in [-0.05, 0) is 17.7 Å². The Kier molecular flexibility index (Phi) is 10.5. The summed E-state index contributed by atoms with van der Waals surface area (Å²) in [6.45, 7) is 0. The molecule has 0 radical (unpaired) electrons. The Morgan fingerprint density at radius 3 is 1.76 bits per heavy atom. The van der Waals surface area contributed by atoms with Crippen molar-refractivity contribution in [1.29, 1.82) is 0 Å². The van der Waals surface area contributed by atoms with Crippen LogP contribution in [0.5, 0.6) is 5.75 Å². The molecular weight excluding hydrogens is 538 g/mol. The van der Waals surface area contributed by atoms with E-state index in [9.17, 15) is 34.2 Å². The highest BCUT2D eigenvalue weighted by Gasteiger charge is 2.31. The van der Waals surface area contributed by atoms with Crippen LogP contribution < -0.4 is 27.4 Å². The van der Waals surface area contributed by atoms with Crippen LogP contribution in [0.2, 0.25) is 0 Å². The zero-order valence-corrected chi connectivity index (χ0v) is 21.7. The largest absolute Gasteiger partial charge is 0.508 e. The van der Waals surface area contributed by atoms with E-state index in [2.05, 4.69) is 35.9 Å². The van der Waals surface area contributed by atoms with Crippen LogP contribution in [0.15, 0.2) is 49.3 Å². The van der Waals surface area contributed by atoms with E-state index in [0.717, 1.165) is 0 Å². The van der Waals surface area contributed by atoms with Crippen LogP contribution in [0.3, 0.4) is 0 Å². The molecule has 0 aliphatic rings. The molecule has 11 N–H and O–H groups in total. The van der Waals surface area contributed by atoms with Crippen LogP contribution in [-0.2, 0) is 43.2 Å². The summed E-state index contributed by atoms with van der Waals surface area (Å²) in [4.78, 5) is 75.8. The number of hydrogen-bond acceptors (Lipinski definition) is 9. The number of carboxylic acids is 1. The number of phenolic OH excluding ortho intramolecular Hbond substituents is 1. The summed E-state index contributed by atoms with van der Waals surface area (Å²) in [6.07, 6.45) is 4.88. The molecule has 0 aliphatic carbocycles. The Morgan fingerprint density at radius 1 is 0.780 bits per heavy atom. The van der Waals surface area contributed by atoms with Gasteiger partial charge in [-0.2, -0.15) is 0 Å². The van der Waals surface area contributed by atoms with Crippen molar-refractivity contribution in [2.45, 2.75) is 49.9 Å². The van der Waals surface area contributed by atoms with Crippen molar-refractivity contribution in [1.82, 2.24) is 35.9 Å². The maximum absolute atomic E-state index is 13.4. The number of nitrogens with two attached hydrogens (primary N) is 2. The third-order valence-corrected chi connectivity index (χ3v) is 5.97. The number of benzene rings is 1. The van der Waals surface area contributed by atoms with E-state index >= 15 is 0 Å². The van der Waals surface area contributed by atoms with Gasteiger partial charge in [-0.3, -0.25) is 19.2 Å². The minimum atomic E-state index is -1.35. The normalized spacial score (nSPS) is 13.8. The van der Waals surface area contributed by atoms with Crippen LogP contribution in [0.25, 0.3) is 0 Å². The lowest BCUT2D eigenvalue weighted by atomic mass is 10.0. The lowest BCUT2D eigenvalue weighted by Gasteiger charge is -2.25. The Labute approximate surface area is 233 Å². The molecule has 0 saturated heterocycles. The van der Waals surface area contributed by atoms with Crippen molar-refractivity contribution < 1.29 is 34.2 Å². The van der Waals surface area contributed by atoms with Gasteiger partial charge in [-0.15, -0.1) is 0 Å². The molecule has 0 aliphatic heterocycles. The summed E-state index contributed by atoms with van der Waals surface area (Å²) in [5, 5.41) is 26.8. The minimum Gasteiger partial charge on any atom is -0.508 e. The predicted molar refractivity (Wildman–Crippen MR) is 142 cm³/mol. The number of aliphatic carboxylic acids is 1. The van der Waals surface area contributed by atoms with Crippen molar-refractivity contribution in [3.05, 3.63) is 66.3 Å². The quantitative estimate of drug-likeness (QED) is 0.0936. The molecule has 41 heavy (non-hydrogen) atoms. The van der Waals surface area contributed by atoms with Crippen LogP contribution >= 0.6 is 0 Å². The Hall–Kier alpha value is -5.25. The standard InChI is InChI=1S/C25H31N9O7/c26-17(8-21(27)36)22(37)32-19(6-14-9-28-11-30-14)24(39)33-18(5-13-1-3-16(35)4-2-13)23(38)34-20(25(40)41)7-15-10-29-12-31-15/h1-4,9-12,17-20,35H,5-8,26H2,(H2,27,36)(H,28,30)(H,29,31)(H,32,37)(H,33,39)(H,34,38)(H,40,41). The number of imidazole rings is 2. The second kappa shape index (κ2) is 14.2. The number of hydrogen-bond donors (Lipinski definition) is 9. The molecule has 4 amide bonds. The van der Waals surface area contributed by atoms with Crippen molar-refractivity contribution in [3.8, 4) is 5.75 Å². The minimum absolute atomic E-state index is 0.0149. The number of H-pyrrole nitrogens is 2. The van der Waals surface area contributed by atoms with E-state index in [1.807, 2.05) is 0 Å². The summed E-state index contributed by atoms with van der Waals surface area (Å²) in [6, 6.07) is 0.626. The van der Waals surface area contributed by atoms with Crippen LogP contribution in [0.4, 0.5) is 0 Å². The molecule has 4 atom stereocenters. The lowest BCUT2D eigenvalue weighted by molar-refractivity contribution is -0.142. The number of amides is 4. The summed E-state index contributed by atoms with van der Waals surface area (Å²) in [5.41, 5.74) is 12.3. The number of rotatable bonds is 15. The number of aromatic hydroxyl groups is 1. The van der Waals surface area contributed by atoms with Crippen LogP contribution in [-0.4, -0.2) is 83.9 Å². The summed E-state index contributed by atoms with van der Waals surface area (Å²) < 4.78 is 0. The fourth-order valence-electron chi connectivity index (χ4n) is 3.85. The molecule has 0 saturated carbocycles. The van der Waals surface area contributed by atoms with Crippen molar-refractivity contribution in [2.75, 3.05) is 0 Å². The number of nitrogens with zero attached hydrogens (tertiary/aromatic N) is 2. The van der Waals surface area contributed by atoms with Gasteiger partial charge in [0.05, 0.1) is 25.1 Å². The molecule has 4 unspecified atom stereocenters. The Morgan fingerprint density at radius 2 is 1.27 bits per heavy atom. The highest BCUT2D eigenvalue weighted by Crippen LogP contribution is 2.12. The maximum atomic E-state index is 13.4. The number of primary amides is 1. The van der Waals surface area contributed by atoms with Gasteiger partial charge in [0.15, 0.2) is 0 Å². The zero-order valence-electron chi connectivity index (χ0n) is 21.7. The molecule has 2 aromatic heterocycles. The molecular formula is C25H31N9O7. The first-order valence-corrected chi connectivity index (χ1v) is 12.4. The molecule has 2 heterocycles. The lowest BCUT2D eigenvalue weighted by Crippen LogP contribution is -2.58. The molecule has 3 rings (SSSR count). The molecule has 16 nitrogen and oxygen atoms in total. The molecule has 1 aromatic carbocycles. The molecule has 0 spiro atoms. The highest BCUT2D eigenvalue weighted by atomic mass is 16.4. The molecule has 218 valence electrons. The summed E-state index contributed by atoms with van der Waals surface area (Å²) in [5.74, 6) is -4.56. The van der Waals surface area contributed by atoms with Crippen molar-refractivity contribution in [2.24, 2.45) is 11.5 Å². The van der Waals surface area contributed by atoms with Crippen molar-refractivity contribution in [3.63, 3.8) is 0 Å². The third kappa shape index (κ3) is 9.47. The van der Waals surface area contributed by atoms with Crippen LogP contribution in [0.1, 0.15) is 23.4 Å².